The van der Waals surface area contributed by atoms with Crippen LogP contribution in [0.2, 0.25) is 0 Å². The van der Waals surface area contributed by atoms with Crippen molar-refractivity contribution in [3.05, 3.63) is 77.8 Å². The van der Waals surface area contributed by atoms with Crippen LogP contribution in [0.4, 0.5) is 10.1 Å². The van der Waals surface area contributed by atoms with Gasteiger partial charge in [-0.1, -0.05) is 36.4 Å². The Hall–Kier alpha value is -3.15. The minimum absolute atomic E-state index is 0.0164. The third-order valence-corrected chi connectivity index (χ3v) is 3.02. The summed E-state index contributed by atoms with van der Waals surface area (Å²) in [5.41, 5.74) is 1.31. The molecule has 0 spiro atoms. The molecule has 3 rings (SSSR count). The van der Waals surface area contributed by atoms with Crippen LogP contribution in [0, 0.1) is 5.82 Å². The first-order chi connectivity index (χ1) is 11.2. The summed E-state index contributed by atoms with van der Waals surface area (Å²) in [6, 6.07) is 16.5. The second-order valence-corrected chi connectivity index (χ2v) is 4.77. The van der Waals surface area contributed by atoms with Crippen molar-refractivity contribution in [2.24, 2.45) is 0 Å². The number of hydrogen-bond acceptors (Lipinski definition) is 4. The first-order valence-electron chi connectivity index (χ1n) is 6.91. The van der Waals surface area contributed by atoms with E-state index in [1.165, 1.54) is 24.3 Å². The van der Waals surface area contributed by atoms with Crippen LogP contribution in [0.25, 0.3) is 0 Å². The highest BCUT2D eigenvalue weighted by Crippen LogP contribution is 2.16. The van der Waals surface area contributed by atoms with Gasteiger partial charge in [0.25, 0.3) is 11.8 Å². The van der Waals surface area contributed by atoms with Crippen LogP contribution >= 0.6 is 0 Å². The molecule has 3 aromatic rings. The molecule has 0 fully saturated rings. The Morgan fingerprint density at radius 3 is 2.74 bits per heavy atom. The van der Waals surface area contributed by atoms with E-state index in [-0.39, 0.29) is 11.6 Å². The lowest BCUT2D eigenvalue weighted by Crippen LogP contribution is -2.10. The molecule has 0 saturated carbocycles. The Morgan fingerprint density at radius 1 is 1.13 bits per heavy atom. The number of rotatable bonds is 5. The predicted molar refractivity (Wildman–Crippen MR) is 81.6 cm³/mol. The molecule has 6 heteroatoms. The van der Waals surface area contributed by atoms with Crippen LogP contribution in [0.1, 0.15) is 16.1 Å². The zero-order chi connectivity index (χ0) is 16.1. The molecule has 2 aromatic carbocycles. The van der Waals surface area contributed by atoms with E-state index in [1.807, 2.05) is 30.3 Å². The quantitative estimate of drug-likeness (QED) is 0.781. The van der Waals surface area contributed by atoms with Crippen LogP contribution in [0.15, 0.2) is 65.2 Å². The molecule has 1 heterocycles. The van der Waals surface area contributed by atoms with Crippen molar-refractivity contribution in [1.82, 2.24) is 5.16 Å². The van der Waals surface area contributed by atoms with E-state index in [1.54, 1.807) is 6.07 Å². The molecule has 1 N–H and O–H groups in total. The third-order valence-electron chi connectivity index (χ3n) is 3.02. The van der Waals surface area contributed by atoms with Gasteiger partial charge in [0.05, 0.1) is 6.07 Å². The summed E-state index contributed by atoms with van der Waals surface area (Å²) in [6.07, 6.45) is 0. The highest BCUT2D eigenvalue weighted by atomic mass is 19.1. The maximum absolute atomic E-state index is 13.1. The Morgan fingerprint density at radius 2 is 1.96 bits per heavy atom. The molecule has 0 aliphatic rings. The van der Waals surface area contributed by atoms with E-state index in [2.05, 4.69) is 10.5 Å². The van der Waals surface area contributed by atoms with Gasteiger partial charge in [0, 0.05) is 5.69 Å². The van der Waals surface area contributed by atoms with Crippen molar-refractivity contribution in [3.63, 3.8) is 0 Å². The van der Waals surface area contributed by atoms with Crippen LogP contribution in [-0.4, -0.2) is 11.1 Å². The number of nitrogens with one attached hydrogen (secondary N) is 1. The Balaban J connectivity index is 1.61. The Labute approximate surface area is 131 Å². The van der Waals surface area contributed by atoms with E-state index >= 15 is 0 Å². The molecule has 0 aliphatic heterocycles. The number of amides is 1. The average molecular weight is 312 g/mol. The number of benzene rings is 2. The van der Waals surface area contributed by atoms with Gasteiger partial charge in [0.2, 0.25) is 5.76 Å². The van der Waals surface area contributed by atoms with Crippen molar-refractivity contribution < 1.29 is 18.4 Å². The second kappa shape index (κ2) is 6.74. The molecular formula is C17H13FN2O3. The summed E-state index contributed by atoms with van der Waals surface area (Å²) in [4.78, 5) is 12.0. The highest BCUT2D eigenvalue weighted by Gasteiger charge is 2.14. The number of anilines is 1. The van der Waals surface area contributed by atoms with E-state index in [4.69, 9.17) is 9.26 Å². The van der Waals surface area contributed by atoms with Gasteiger partial charge in [-0.3, -0.25) is 4.79 Å². The van der Waals surface area contributed by atoms with Crippen LogP contribution in [-0.2, 0) is 6.61 Å². The summed E-state index contributed by atoms with van der Waals surface area (Å²) in [7, 11) is 0. The molecule has 0 bridgehead atoms. The largest absolute Gasteiger partial charge is 0.471 e. The third kappa shape index (κ3) is 3.94. The minimum atomic E-state index is -0.530. The standard InChI is InChI=1S/C17H13FN2O3/c18-13-7-4-8-14(9-13)19-17(21)15-10-16(20-23-15)22-11-12-5-2-1-3-6-12/h1-10H,11H2,(H,19,21). The van der Waals surface area contributed by atoms with Crippen molar-refractivity contribution in [3.8, 4) is 5.88 Å². The first-order valence-corrected chi connectivity index (χ1v) is 6.91. The smallest absolute Gasteiger partial charge is 0.294 e. The number of nitrogens with zero attached hydrogens (tertiary/aromatic N) is 1. The molecule has 5 nitrogen and oxygen atoms in total. The highest BCUT2D eigenvalue weighted by molar-refractivity contribution is 6.02. The molecule has 0 aliphatic carbocycles. The van der Waals surface area contributed by atoms with Crippen LogP contribution < -0.4 is 10.1 Å². The molecule has 0 unspecified atom stereocenters. The zero-order valence-electron chi connectivity index (χ0n) is 12.0. The van der Waals surface area contributed by atoms with Gasteiger partial charge < -0.3 is 14.6 Å². The van der Waals surface area contributed by atoms with Gasteiger partial charge in [-0.15, -0.1) is 0 Å². The first kappa shape index (κ1) is 14.8. The van der Waals surface area contributed by atoms with E-state index in [9.17, 15) is 9.18 Å². The maximum atomic E-state index is 13.1. The molecule has 1 amide bonds. The lowest BCUT2D eigenvalue weighted by Gasteiger charge is -2.02. The molecule has 116 valence electrons. The second-order valence-electron chi connectivity index (χ2n) is 4.77. The monoisotopic (exact) mass is 312 g/mol. The molecule has 0 saturated heterocycles. The van der Waals surface area contributed by atoms with Gasteiger partial charge in [-0.25, -0.2) is 4.39 Å². The fourth-order valence-electron chi connectivity index (χ4n) is 1.92. The minimum Gasteiger partial charge on any atom is -0.471 e. The molecular weight excluding hydrogens is 299 g/mol. The number of ether oxygens (including phenoxy) is 1. The van der Waals surface area contributed by atoms with E-state index in [0.717, 1.165) is 5.56 Å². The van der Waals surface area contributed by atoms with Gasteiger partial charge >= 0.3 is 0 Å². The number of halogens is 1. The van der Waals surface area contributed by atoms with E-state index in [0.29, 0.717) is 12.3 Å². The Bertz CT molecular complexity index is 802. The normalized spacial score (nSPS) is 10.3. The predicted octanol–water partition coefficient (Wildman–Crippen LogP) is 3.65. The van der Waals surface area contributed by atoms with Crippen molar-refractivity contribution in [2.45, 2.75) is 6.61 Å². The lowest BCUT2D eigenvalue weighted by molar-refractivity contribution is 0.0987. The van der Waals surface area contributed by atoms with Crippen molar-refractivity contribution in [1.29, 1.82) is 0 Å². The van der Waals surface area contributed by atoms with Gasteiger partial charge in [-0.2, -0.15) is 0 Å². The van der Waals surface area contributed by atoms with Gasteiger partial charge in [-0.05, 0) is 28.9 Å². The summed E-state index contributed by atoms with van der Waals surface area (Å²) >= 11 is 0. The molecule has 1 aromatic heterocycles. The van der Waals surface area contributed by atoms with Crippen molar-refractivity contribution >= 4 is 11.6 Å². The van der Waals surface area contributed by atoms with Crippen LogP contribution in [0.3, 0.4) is 0 Å². The fourth-order valence-corrected chi connectivity index (χ4v) is 1.92. The summed E-state index contributed by atoms with van der Waals surface area (Å²) in [5, 5.41) is 6.20. The summed E-state index contributed by atoms with van der Waals surface area (Å²) in [5.74, 6) is -0.777. The Kier molecular flexibility index (Phi) is 4.33. The molecule has 0 radical (unpaired) electrons. The molecule has 0 atom stereocenters. The SMILES string of the molecule is O=C(Nc1cccc(F)c1)c1cc(OCc2ccccc2)no1. The summed E-state index contributed by atoms with van der Waals surface area (Å²) in [6.45, 7) is 0.318. The van der Waals surface area contributed by atoms with Gasteiger partial charge in [0.1, 0.15) is 12.4 Å². The van der Waals surface area contributed by atoms with Gasteiger partial charge in [0.15, 0.2) is 0 Å². The molecule has 23 heavy (non-hydrogen) atoms. The topological polar surface area (TPSA) is 64.4 Å². The number of carbonyl (C=O) groups excluding carboxylic acids is 1. The van der Waals surface area contributed by atoms with Crippen molar-refractivity contribution in [2.75, 3.05) is 5.32 Å². The lowest BCUT2D eigenvalue weighted by atomic mass is 10.2. The van der Waals surface area contributed by atoms with E-state index < -0.39 is 11.7 Å². The average Bonchev–Trinajstić information content (AvgIpc) is 3.03. The fraction of sp³-hybridized carbons (Fsp3) is 0.0588. The zero-order valence-corrected chi connectivity index (χ0v) is 12.0. The number of hydrogen-bond donors (Lipinski definition) is 1. The number of carbonyl (C=O) groups is 1. The maximum Gasteiger partial charge on any atom is 0.294 e. The number of aromatic nitrogens is 1. The summed E-state index contributed by atoms with van der Waals surface area (Å²) < 4.78 is 23.5. The van der Waals surface area contributed by atoms with Crippen LogP contribution in [0.5, 0.6) is 5.88 Å².